The average molecular weight is 389 g/mol. The normalized spacial score (nSPS) is 14.1. The molecule has 6 heteroatoms. The quantitative estimate of drug-likeness (QED) is 0.599. The molecule has 0 N–H and O–H groups in total. The van der Waals surface area contributed by atoms with E-state index < -0.39 is 0 Å². The van der Waals surface area contributed by atoms with Crippen molar-refractivity contribution in [2.24, 2.45) is 0 Å². The third-order valence-corrected chi connectivity index (χ3v) is 5.50. The molecular weight excluding hydrogens is 370 g/mol. The van der Waals surface area contributed by atoms with Crippen LogP contribution in [-0.4, -0.2) is 28.2 Å². The number of thiophene rings is 1. The van der Waals surface area contributed by atoms with Crippen molar-refractivity contribution in [3.05, 3.63) is 88.5 Å². The number of nitrogens with zero attached hydrogens (tertiary/aromatic N) is 3. The van der Waals surface area contributed by atoms with Crippen molar-refractivity contribution >= 4 is 34.4 Å². The van der Waals surface area contributed by atoms with Crippen LogP contribution >= 0.6 is 11.3 Å². The van der Waals surface area contributed by atoms with Crippen LogP contribution in [0.25, 0.3) is 5.57 Å². The van der Waals surface area contributed by atoms with Crippen LogP contribution in [0.15, 0.2) is 77.9 Å². The van der Waals surface area contributed by atoms with Gasteiger partial charge in [0.25, 0.3) is 11.8 Å². The standard InChI is InChI=1S/C22H19N3O2S/c1-2-24(17-10-4-3-5-11-17)20-19(18-12-8-14-28-18)21(26)25(22(20)27)15-16-9-6-7-13-23-16/h3-14H,2,15H2,1H3. The second kappa shape index (κ2) is 7.78. The monoisotopic (exact) mass is 389 g/mol. The summed E-state index contributed by atoms with van der Waals surface area (Å²) in [4.78, 5) is 34.9. The lowest BCUT2D eigenvalue weighted by molar-refractivity contribution is -0.137. The van der Waals surface area contributed by atoms with Gasteiger partial charge in [0.2, 0.25) is 0 Å². The first-order chi connectivity index (χ1) is 13.7. The lowest BCUT2D eigenvalue weighted by Crippen LogP contribution is -2.35. The van der Waals surface area contributed by atoms with Gasteiger partial charge in [-0.2, -0.15) is 0 Å². The first-order valence-electron chi connectivity index (χ1n) is 9.07. The van der Waals surface area contributed by atoms with Crippen molar-refractivity contribution in [2.45, 2.75) is 13.5 Å². The van der Waals surface area contributed by atoms with Crippen molar-refractivity contribution in [1.82, 2.24) is 9.88 Å². The number of amides is 2. The molecule has 0 atom stereocenters. The zero-order valence-electron chi connectivity index (χ0n) is 15.4. The van der Waals surface area contributed by atoms with E-state index in [1.807, 2.05) is 77.9 Å². The number of anilines is 1. The van der Waals surface area contributed by atoms with Gasteiger partial charge in [-0.25, -0.2) is 0 Å². The maximum atomic E-state index is 13.4. The summed E-state index contributed by atoms with van der Waals surface area (Å²) in [5, 5.41) is 1.91. The van der Waals surface area contributed by atoms with Gasteiger partial charge in [0.1, 0.15) is 5.70 Å². The van der Waals surface area contributed by atoms with Gasteiger partial charge >= 0.3 is 0 Å². The van der Waals surface area contributed by atoms with Gasteiger partial charge in [0.05, 0.1) is 17.8 Å². The number of imide groups is 1. The molecule has 1 aliphatic rings. The summed E-state index contributed by atoms with van der Waals surface area (Å²) in [6.45, 7) is 2.71. The number of likely N-dealkylation sites (N-methyl/N-ethyl adjacent to an activating group) is 1. The SMILES string of the molecule is CCN(C1=C(c2cccs2)C(=O)N(Cc2ccccn2)C1=O)c1ccccc1. The van der Waals surface area contributed by atoms with Gasteiger partial charge in [-0.05, 0) is 42.6 Å². The first kappa shape index (κ1) is 18.1. The molecule has 1 aliphatic heterocycles. The highest BCUT2D eigenvalue weighted by Crippen LogP contribution is 2.36. The van der Waals surface area contributed by atoms with Crippen LogP contribution < -0.4 is 4.90 Å². The third kappa shape index (κ3) is 3.23. The molecule has 2 aromatic heterocycles. The molecule has 0 bridgehead atoms. The second-order valence-corrected chi connectivity index (χ2v) is 7.25. The van der Waals surface area contributed by atoms with E-state index in [0.29, 0.717) is 23.5 Å². The molecule has 3 heterocycles. The van der Waals surface area contributed by atoms with E-state index in [1.54, 1.807) is 6.20 Å². The Labute approximate surface area is 167 Å². The van der Waals surface area contributed by atoms with E-state index in [-0.39, 0.29) is 18.4 Å². The van der Waals surface area contributed by atoms with Gasteiger partial charge in [-0.1, -0.05) is 30.3 Å². The van der Waals surface area contributed by atoms with Crippen LogP contribution in [0, 0.1) is 0 Å². The Hall–Kier alpha value is -3.25. The number of hydrogen-bond donors (Lipinski definition) is 0. The molecule has 3 aromatic rings. The van der Waals surface area contributed by atoms with E-state index in [0.717, 1.165) is 10.6 Å². The zero-order valence-corrected chi connectivity index (χ0v) is 16.2. The third-order valence-electron chi connectivity index (χ3n) is 4.61. The molecular formula is C22H19N3O2S. The Morgan fingerprint density at radius 2 is 1.75 bits per heavy atom. The fourth-order valence-corrected chi connectivity index (χ4v) is 4.09. The van der Waals surface area contributed by atoms with Gasteiger partial charge in [0.15, 0.2) is 0 Å². The molecule has 28 heavy (non-hydrogen) atoms. The highest BCUT2D eigenvalue weighted by atomic mass is 32.1. The van der Waals surface area contributed by atoms with Crippen LogP contribution in [0.4, 0.5) is 5.69 Å². The Balaban J connectivity index is 1.79. The molecule has 5 nitrogen and oxygen atoms in total. The molecule has 0 saturated heterocycles. The molecule has 0 spiro atoms. The minimum Gasteiger partial charge on any atom is -0.337 e. The summed E-state index contributed by atoms with van der Waals surface area (Å²) >= 11 is 1.46. The summed E-state index contributed by atoms with van der Waals surface area (Å²) < 4.78 is 0. The molecule has 0 unspecified atom stereocenters. The number of rotatable bonds is 6. The van der Waals surface area contributed by atoms with Crippen molar-refractivity contribution < 1.29 is 9.59 Å². The van der Waals surface area contributed by atoms with E-state index >= 15 is 0 Å². The largest absolute Gasteiger partial charge is 0.337 e. The minimum absolute atomic E-state index is 0.156. The Kier molecular flexibility index (Phi) is 5.04. The zero-order chi connectivity index (χ0) is 19.5. The number of carbonyl (C=O) groups is 2. The van der Waals surface area contributed by atoms with Crippen LogP contribution in [0.3, 0.4) is 0 Å². The van der Waals surface area contributed by atoms with E-state index in [9.17, 15) is 9.59 Å². The molecule has 0 radical (unpaired) electrons. The maximum Gasteiger partial charge on any atom is 0.278 e. The predicted molar refractivity (Wildman–Crippen MR) is 110 cm³/mol. The maximum absolute atomic E-state index is 13.4. The lowest BCUT2D eigenvalue weighted by atomic mass is 10.1. The number of para-hydroxylation sites is 1. The molecule has 2 amide bonds. The van der Waals surface area contributed by atoms with E-state index in [1.165, 1.54) is 16.2 Å². The number of hydrogen-bond acceptors (Lipinski definition) is 5. The fourth-order valence-electron chi connectivity index (χ4n) is 3.33. The Morgan fingerprint density at radius 1 is 0.964 bits per heavy atom. The predicted octanol–water partition coefficient (Wildman–Crippen LogP) is 3.95. The van der Waals surface area contributed by atoms with Crippen molar-refractivity contribution in [3.63, 3.8) is 0 Å². The topological polar surface area (TPSA) is 53.5 Å². The van der Waals surface area contributed by atoms with Crippen LogP contribution in [0.1, 0.15) is 17.5 Å². The van der Waals surface area contributed by atoms with Gasteiger partial charge in [-0.15, -0.1) is 11.3 Å². The molecule has 0 fully saturated rings. The second-order valence-electron chi connectivity index (χ2n) is 6.30. The smallest absolute Gasteiger partial charge is 0.278 e. The number of aromatic nitrogens is 1. The average Bonchev–Trinajstić information content (AvgIpc) is 3.34. The highest BCUT2D eigenvalue weighted by molar-refractivity contribution is 7.11. The van der Waals surface area contributed by atoms with Crippen LogP contribution in [-0.2, 0) is 16.1 Å². The van der Waals surface area contributed by atoms with Crippen LogP contribution in [0.5, 0.6) is 0 Å². The molecule has 1 aromatic carbocycles. The van der Waals surface area contributed by atoms with E-state index in [2.05, 4.69) is 4.98 Å². The number of benzene rings is 1. The summed E-state index contributed by atoms with van der Waals surface area (Å²) in [6, 6.07) is 18.9. The lowest BCUT2D eigenvalue weighted by Gasteiger charge is -2.24. The van der Waals surface area contributed by atoms with Gasteiger partial charge < -0.3 is 4.90 Å². The summed E-state index contributed by atoms with van der Waals surface area (Å²) in [7, 11) is 0. The minimum atomic E-state index is -0.287. The fraction of sp³-hybridized carbons (Fsp3) is 0.136. The molecule has 0 aliphatic carbocycles. The molecule has 0 saturated carbocycles. The summed E-state index contributed by atoms with van der Waals surface area (Å²) in [5.41, 5.74) is 2.45. The van der Waals surface area contributed by atoms with Gasteiger partial charge in [-0.3, -0.25) is 19.5 Å². The number of carbonyl (C=O) groups excluding carboxylic acids is 2. The number of pyridine rings is 1. The molecule has 4 rings (SSSR count). The molecule has 140 valence electrons. The van der Waals surface area contributed by atoms with Gasteiger partial charge in [0, 0.05) is 23.3 Å². The first-order valence-corrected chi connectivity index (χ1v) is 9.95. The van der Waals surface area contributed by atoms with Crippen molar-refractivity contribution in [3.8, 4) is 0 Å². The highest BCUT2D eigenvalue weighted by Gasteiger charge is 2.42. The Bertz CT molecular complexity index is 1010. The van der Waals surface area contributed by atoms with E-state index in [4.69, 9.17) is 0 Å². The van der Waals surface area contributed by atoms with Crippen molar-refractivity contribution in [1.29, 1.82) is 0 Å². The van der Waals surface area contributed by atoms with Crippen molar-refractivity contribution in [2.75, 3.05) is 11.4 Å². The summed E-state index contributed by atoms with van der Waals surface area (Å²) in [6.07, 6.45) is 1.66. The summed E-state index contributed by atoms with van der Waals surface area (Å²) in [5.74, 6) is -0.563. The van der Waals surface area contributed by atoms with Crippen LogP contribution in [0.2, 0.25) is 0 Å². The Morgan fingerprint density at radius 3 is 2.39 bits per heavy atom.